The molecule has 1 saturated heterocycles. The number of fused-ring (bicyclic) bond motifs is 1. The number of benzene rings is 1. The van der Waals surface area contributed by atoms with Crippen molar-refractivity contribution in [2.24, 2.45) is 5.92 Å². The average molecular weight is 443 g/mol. The molecule has 2 aliphatic rings. The molecule has 31 heavy (non-hydrogen) atoms. The molecule has 7 nitrogen and oxygen atoms in total. The lowest BCUT2D eigenvalue weighted by Gasteiger charge is -2.34. The van der Waals surface area contributed by atoms with Crippen molar-refractivity contribution in [1.82, 2.24) is 15.2 Å². The largest absolute Gasteiger partial charge is 0.497 e. The fourth-order valence-electron chi connectivity index (χ4n) is 4.21. The molecule has 1 aliphatic heterocycles. The van der Waals surface area contributed by atoms with Gasteiger partial charge in [0.2, 0.25) is 11.8 Å². The number of aromatic nitrogens is 1. The lowest BCUT2D eigenvalue weighted by atomic mass is 9.90. The SMILES string of the molecule is CCC(=O)N1CCN(c2nc3c(s2)C[C@H](C(=O)NCc2cccc(OC)c2)CC3)CC1. The summed E-state index contributed by atoms with van der Waals surface area (Å²) < 4.78 is 5.25. The zero-order chi connectivity index (χ0) is 21.8. The number of methoxy groups -OCH3 is 1. The molecule has 1 atom stereocenters. The Bertz CT molecular complexity index is 937. The zero-order valence-corrected chi connectivity index (χ0v) is 19.0. The van der Waals surface area contributed by atoms with Crippen molar-refractivity contribution in [2.75, 3.05) is 38.2 Å². The highest BCUT2D eigenvalue weighted by Gasteiger charge is 2.29. The van der Waals surface area contributed by atoms with Gasteiger partial charge in [-0.05, 0) is 37.0 Å². The topological polar surface area (TPSA) is 74.8 Å². The van der Waals surface area contributed by atoms with Crippen LogP contribution < -0.4 is 15.0 Å². The minimum Gasteiger partial charge on any atom is -0.497 e. The van der Waals surface area contributed by atoms with Gasteiger partial charge in [-0.3, -0.25) is 9.59 Å². The summed E-state index contributed by atoms with van der Waals surface area (Å²) in [6.07, 6.45) is 2.99. The van der Waals surface area contributed by atoms with Crippen molar-refractivity contribution >= 4 is 28.3 Å². The molecule has 1 N–H and O–H groups in total. The Morgan fingerprint density at radius 2 is 2.06 bits per heavy atom. The van der Waals surface area contributed by atoms with Crippen LogP contribution in [0.4, 0.5) is 5.13 Å². The van der Waals surface area contributed by atoms with Crippen molar-refractivity contribution < 1.29 is 14.3 Å². The Hall–Kier alpha value is -2.61. The molecule has 0 spiro atoms. The highest BCUT2D eigenvalue weighted by molar-refractivity contribution is 7.15. The van der Waals surface area contributed by atoms with Crippen molar-refractivity contribution in [3.8, 4) is 5.75 Å². The molecule has 8 heteroatoms. The number of ether oxygens (including phenoxy) is 1. The molecular weight excluding hydrogens is 412 g/mol. The maximum absolute atomic E-state index is 12.8. The number of hydrogen-bond acceptors (Lipinski definition) is 6. The number of nitrogens with one attached hydrogen (secondary N) is 1. The standard InChI is InChI=1S/C23H30N4O3S/c1-3-21(28)26-9-11-27(12-10-26)23-25-19-8-7-17(14-20(19)31-23)22(29)24-15-16-5-4-6-18(13-16)30-2/h4-6,13,17H,3,7-12,14-15H2,1-2H3,(H,24,29)/t17-/m1/s1. The summed E-state index contributed by atoms with van der Waals surface area (Å²) >= 11 is 1.71. The molecule has 0 unspecified atom stereocenters. The first-order chi connectivity index (χ1) is 15.1. The summed E-state index contributed by atoms with van der Waals surface area (Å²) in [6.45, 7) is 5.57. The summed E-state index contributed by atoms with van der Waals surface area (Å²) in [5.74, 6) is 1.12. The van der Waals surface area contributed by atoms with E-state index >= 15 is 0 Å². The molecule has 2 amide bonds. The Morgan fingerprint density at radius 3 is 2.81 bits per heavy atom. The highest BCUT2D eigenvalue weighted by atomic mass is 32.1. The van der Waals surface area contributed by atoms with Crippen molar-refractivity contribution in [1.29, 1.82) is 0 Å². The number of carbonyl (C=O) groups excluding carboxylic acids is 2. The van der Waals surface area contributed by atoms with Gasteiger partial charge in [0, 0.05) is 49.9 Å². The Kier molecular flexibility index (Phi) is 6.75. The van der Waals surface area contributed by atoms with E-state index in [2.05, 4.69) is 10.2 Å². The third-order valence-corrected chi connectivity index (χ3v) is 7.29. The van der Waals surface area contributed by atoms with Crippen LogP contribution >= 0.6 is 11.3 Å². The van der Waals surface area contributed by atoms with Crippen LogP contribution in [0.25, 0.3) is 0 Å². The second-order valence-corrected chi connectivity index (χ2v) is 9.16. The highest BCUT2D eigenvalue weighted by Crippen LogP contribution is 2.34. The zero-order valence-electron chi connectivity index (χ0n) is 18.2. The first-order valence-electron chi connectivity index (χ1n) is 11.0. The van der Waals surface area contributed by atoms with Crippen LogP contribution in [0.5, 0.6) is 5.75 Å². The predicted molar refractivity (Wildman–Crippen MR) is 122 cm³/mol. The van der Waals surface area contributed by atoms with Crippen molar-refractivity contribution in [3.63, 3.8) is 0 Å². The number of carbonyl (C=O) groups is 2. The van der Waals surface area contributed by atoms with E-state index in [4.69, 9.17) is 9.72 Å². The Labute approximate surface area is 187 Å². The molecule has 166 valence electrons. The maximum atomic E-state index is 12.8. The second kappa shape index (κ2) is 9.68. The van der Waals surface area contributed by atoms with Crippen LogP contribution in [-0.2, 0) is 29.0 Å². The summed E-state index contributed by atoms with van der Waals surface area (Å²) in [5.41, 5.74) is 2.17. The summed E-state index contributed by atoms with van der Waals surface area (Å²) in [4.78, 5) is 35.0. The van der Waals surface area contributed by atoms with Crippen molar-refractivity contribution in [3.05, 3.63) is 40.4 Å². The van der Waals surface area contributed by atoms with E-state index in [1.807, 2.05) is 36.1 Å². The number of anilines is 1. The van der Waals surface area contributed by atoms with Crippen LogP contribution in [0.1, 0.15) is 35.9 Å². The molecular formula is C23H30N4O3S. The summed E-state index contributed by atoms with van der Waals surface area (Å²) in [7, 11) is 1.64. The molecule has 0 radical (unpaired) electrons. The number of piperazine rings is 1. The molecule has 1 aliphatic carbocycles. The van der Waals surface area contributed by atoms with Gasteiger partial charge in [-0.2, -0.15) is 0 Å². The molecule has 4 rings (SSSR count). The normalized spacial score (nSPS) is 18.5. The lowest BCUT2D eigenvalue weighted by Crippen LogP contribution is -2.48. The van der Waals surface area contributed by atoms with Gasteiger partial charge in [-0.1, -0.05) is 19.1 Å². The van der Waals surface area contributed by atoms with E-state index in [9.17, 15) is 9.59 Å². The van der Waals surface area contributed by atoms with Crippen LogP contribution in [0.15, 0.2) is 24.3 Å². The van der Waals surface area contributed by atoms with Gasteiger partial charge in [-0.15, -0.1) is 11.3 Å². The monoisotopic (exact) mass is 442 g/mol. The quantitative estimate of drug-likeness (QED) is 0.744. The van der Waals surface area contributed by atoms with Gasteiger partial charge in [0.15, 0.2) is 5.13 Å². The fourth-order valence-corrected chi connectivity index (χ4v) is 5.44. The first kappa shape index (κ1) is 21.6. The molecule has 1 aromatic carbocycles. The van der Waals surface area contributed by atoms with Crippen molar-refractivity contribution in [2.45, 2.75) is 39.2 Å². The van der Waals surface area contributed by atoms with E-state index in [0.29, 0.717) is 13.0 Å². The summed E-state index contributed by atoms with van der Waals surface area (Å²) in [6, 6.07) is 7.77. The number of hydrogen-bond donors (Lipinski definition) is 1. The molecule has 0 saturated carbocycles. The number of aryl methyl sites for hydroxylation is 1. The number of nitrogens with zero attached hydrogens (tertiary/aromatic N) is 3. The van der Waals surface area contributed by atoms with Crippen LogP contribution in [0, 0.1) is 5.92 Å². The van der Waals surface area contributed by atoms with E-state index in [-0.39, 0.29) is 17.7 Å². The first-order valence-corrected chi connectivity index (χ1v) is 11.8. The summed E-state index contributed by atoms with van der Waals surface area (Å²) in [5, 5.41) is 4.12. The average Bonchev–Trinajstić information content (AvgIpc) is 3.25. The van der Waals surface area contributed by atoms with Gasteiger partial charge in [0.05, 0.1) is 12.8 Å². The molecule has 2 heterocycles. The number of rotatable bonds is 6. The van der Waals surface area contributed by atoms with E-state index in [0.717, 1.165) is 67.6 Å². The molecule has 1 aromatic heterocycles. The second-order valence-electron chi connectivity index (χ2n) is 8.10. The van der Waals surface area contributed by atoms with Crippen LogP contribution in [0.2, 0.25) is 0 Å². The van der Waals surface area contributed by atoms with Gasteiger partial charge in [-0.25, -0.2) is 4.98 Å². The number of thiazole rings is 1. The number of amides is 2. The van der Waals surface area contributed by atoms with Gasteiger partial charge < -0.3 is 19.9 Å². The Morgan fingerprint density at radius 1 is 1.26 bits per heavy atom. The van der Waals surface area contributed by atoms with Gasteiger partial charge in [0.1, 0.15) is 5.75 Å². The van der Waals surface area contributed by atoms with Crippen LogP contribution in [0.3, 0.4) is 0 Å². The van der Waals surface area contributed by atoms with Gasteiger partial charge in [0.25, 0.3) is 0 Å². The third kappa shape index (κ3) is 5.01. The van der Waals surface area contributed by atoms with Crippen LogP contribution in [-0.4, -0.2) is 55.0 Å². The molecule has 1 fully saturated rings. The third-order valence-electron chi connectivity index (χ3n) is 6.11. The Balaban J connectivity index is 1.32. The predicted octanol–water partition coefficient (Wildman–Crippen LogP) is 2.63. The minimum absolute atomic E-state index is 0.00886. The van der Waals surface area contributed by atoms with E-state index in [1.54, 1.807) is 18.4 Å². The molecule has 2 aromatic rings. The van der Waals surface area contributed by atoms with E-state index < -0.39 is 0 Å². The van der Waals surface area contributed by atoms with E-state index in [1.165, 1.54) is 4.88 Å². The lowest BCUT2D eigenvalue weighted by molar-refractivity contribution is -0.131. The fraction of sp³-hybridized carbons (Fsp3) is 0.522. The van der Waals surface area contributed by atoms with Gasteiger partial charge >= 0.3 is 0 Å². The molecule has 0 bridgehead atoms. The maximum Gasteiger partial charge on any atom is 0.223 e. The minimum atomic E-state index is -0.00886. The smallest absolute Gasteiger partial charge is 0.223 e.